The predicted octanol–water partition coefficient (Wildman–Crippen LogP) is 0.807. The van der Waals surface area contributed by atoms with Crippen LogP contribution >= 0.6 is 11.8 Å². The van der Waals surface area contributed by atoms with E-state index in [4.69, 9.17) is 4.74 Å². The van der Waals surface area contributed by atoms with Crippen LogP contribution in [-0.2, 0) is 14.3 Å². The molecule has 0 bridgehead atoms. The van der Waals surface area contributed by atoms with Gasteiger partial charge in [-0.3, -0.25) is 14.5 Å². The fourth-order valence-corrected chi connectivity index (χ4v) is 2.83. The molecule has 0 aromatic heterocycles. The zero-order valence-electron chi connectivity index (χ0n) is 13.1. The average molecular weight is 337 g/mol. The van der Waals surface area contributed by atoms with Crippen LogP contribution in [0.25, 0.3) is 0 Å². The van der Waals surface area contributed by atoms with Gasteiger partial charge in [0.05, 0.1) is 24.7 Å². The van der Waals surface area contributed by atoms with Crippen molar-refractivity contribution in [2.75, 3.05) is 56.2 Å². The van der Waals surface area contributed by atoms with Gasteiger partial charge in [0, 0.05) is 31.9 Å². The monoisotopic (exact) mass is 337 g/mol. The topological polar surface area (TPSA) is 70.7 Å². The molecule has 2 rings (SSSR count). The number of thioether (sulfide) groups is 1. The fourth-order valence-electron chi connectivity index (χ4n) is 2.18. The van der Waals surface area contributed by atoms with Gasteiger partial charge in [0.1, 0.15) is 0 Å². The number of nitrogens with zero attached hydrogens (tertiary/aromatic N) is 1. The zero-order valence-corrected chi connectivity index (χ0v) is 13.9. The molecule has 1 aromatic rings. The summed E-state index contributed by atoms with van der Waals surface area (Å²) >= 11 is 1.32. The normalized spacial score (nSPS) is 15.1. The van der Waals surface area contributed by atoms with Crippen molar-refractivity contribution in [2.45, 2.75) is 0 Å². The van der Waals surface area contributed by atoms with E-state index in [0.717, 1.165) is 38.5 Å². The van der Waals surface area contributed by atoms with Crippen molar-refractivity contribution in [3.05, 3.63) is 30.3 Å². The Morgan fingerprint density at radius 1 is 1.09 bits per heavy atom. The molecule has 1 heterocycles. The van der Waals surface area contributed by atoms with Gasteiger partial charge in [0.25, 0.3) is 0 Å². The largest absolute Gasteiger partial charge is 0.379 e. The number of hydrogen-bond donors (Lipinski definition) is 2. The highest BCUT2D eigenvalue weighted by Gasteiger charge is 2.10. The number of nitrogens with one attached hydrogen (secondary N) is 2. The molecule has 1 aliphatic heterocycles. The molecule has 7 heteroatoms. The van der Waals surface area contributed by atoms with Gasteiger partial charge in [0.15, 0.2) is 0 Å². The van der Waals surface area contributed by atoms with Gasteiger partial charge >= 0.3 is 0 Å². The van der Waals surface area contributed by atoms with E-state index in [1.807, 2.05) is 30.3 Å². The molecule has 1 fully saturated rings. The van der Waals surface area contributed by atoms with Crippen molar-refractivity contribution < 1.29 is 14.3 Å². The summed E-state index contributed by atoms with van der Waals surface area (Å²) in [5.74, 6) is 0.440. The van der Waals surface area contributed by atoms with Crippen molar-refractivity contribution in [3.63, 3.8) is 0 Å². The third-order valence-electron chi connectivity index (χ3n) is 3.38. The zero-order chi connectivity index (χ0) is 16.3. The summed E-state index contributed by atoms with van der Waals surface area (Å²) in [6, 6.07) is 9.29. The lowest BCUT2D eigenvalue weighted by Crippen LogP contribution is -2.41. The second-order valence-electron chi connectivity index (χ2n) is 5.21. The number of benzene rings is 1. The molecule has 2 amide bonds. The third kappa shape index (κ3) is 7.49. The van der Waals surface area contributed by atoms with Gasteiger partial charge in [-0.1, -0.05) is 18.2 Å². The van der Waals surface area contributed by atoms with Gasteiger partial charge in [-0.25, -0.2) is 0 Å². The van der Waals surface area contributed by atoms with Crippen LogP contribution in [0.5, 0.6) is 0 Å². The average Bonchev–Trinajstić information content (AvgIpc) is 2.57. The molecule has 23 heavy (non-hydrogen) atoms. The molecule has 1 saturated heterocycles. The molecule has 0 atom stereocenters. The van der Waals surface area contributed by atoms with E-state index < -0.39 is 0 Å². The molecule has 2 N–H and O–H groups in total. The van der Waals surface area contributed by atoms with Crippen LogP contribution in [0.3, 0.4) is 0 Å². The van der Waals surface area contributed by atoms with E-state index >= 15 is 0 Å². The Labute approximate surface area is 140 Å². The Morgan fingerprint density at radius 3 is 2.52 bits per heavy atom. The second kappa shape index (κ2) is 10.3. The van der Waals surface area contributed by atoms with E-state index in [9.17, 15) is 9.59 Å². The minimum absolute atomic E-state index is 0.0317. The Balaban J connectivity index is 1.51. The summed E-state index contributed by atoms with van der Waals surface area (Å²) in [6.45, 7) is 4.85. The van der Waals surface area contributed by atoms with Crippen molar-refractivity contribution in [3.8, 4) is 0 Å². The number of amides is 2. The maximum absolute atomic E-state index is 11.7. The molecule has 6 nitrogen and oxygen atoms in total. The predicted molar refractivity (Wildman–Crippen MR) is 92.7 cm³/mol. The molecule has 0 saturated carbocycles. The quantitative estimate of drug-likeness (QED) is 0.734. The van der Waals surface area contributed by atoms with E-state index in [-0.39, 0.29) is 17.6 Å². The first-order chi connectivity index (χ1) is 11.2. The highest BCUT2D eigenvalue weighted by molar-refractivity contribution is 8.00. The summed E-state index contributed by atoms with van der Waals surface area (Å²) in [5.41, 5.74) is 0.771. The number of carbonyl (C=O) groups excluding carboxylic acids is 2. The van der Waals surface area contributed by atoms with E-state index in [1.165, 1.54) is 11.8 Å². The van der Waals surface area contributed by atoms with E-state index in [2.05, 4.69) is 15.5 Å². The summed E-state index contributed by atoms with van der Waals surface area (Å²) in [7, 11) is 0. The smallest absolute Gasteiger partial charge is 0.234 e. The molecule has 0 unspecified atom stereocenters. The van der Waals surface area contributed by atoms with E-state index in [1.54, 1.807) is 0 Å². The summed E-state index contributed by atoms with van der Waals surface area (Å²) in [4.78, 5) is 25.7. The fraction of sp³-hybridized carbons (Fsp3) is 0.500. The lowest BCUT2D eigenvalue weighted by Gasteiger charge is -2.26. The minimum atomic E-state index is -0.0951. The highest BCUT2D eigenvalue weighted by Crippen LogP contribution is 2.07. The van der Waals surface area contributed by atoms with Gasteiger partial charge in [-0.05, 0) is 12.1 Å². The molecule has 0 spiro atoms. The number of para-hydroxylation sites is 1. The summed E-state index contributed by atoms with van der Waals surface area (Å²) in [6.07, 6.45) is 0. The number of rotatable bonds is 8. The Hall–Kier alpha value is -1.57. The Morgan fingerprint density at radius 2 is 1.78 bits per heavy atom. The lowest BCUT2D eigenvalue weighted by atomic mass is 10.3. The Kier molecular flexibility index (Phi) is 7.92. The first kappa shape index (κ1) is 17.8. The van der Waals surface area contributed by atoms with Gasteiger partial charge in [0.2, 0.25) is 11.8 Å². The van der Waals surface area contributed by atoms with Crippen LogP contribution < -0.4 is 10.6 Å². The molecular formula is C16H23N3O3S. The number of anilines is 1. The number of hydrogen-bond acceptors (Lipinski definition) is 5. The molecule has 1 aliphatic rings. The third-order valence-corrected chi connectivity index (χ3v) is 4.31. The van der Waals surface area contributed by atoms with E-state index in [0.29, 0.717) is 12.3 Å². The van der Waals surface area contributed by atoms with Gasteiger partial charge in [-0.2, -0.15) is 0 Å². The lowest BCUT2D eigenvalue weighted by molar-refractivity contribution is -0.118. The van der Waals surface area contributed by atoms with Crippen LogP contribution in [-0.4, -0.2) is 67.6 Å². The Bertz CT molecular complexity index is 493. The standard InChI is InChI=1S/C16H23N3O3S/c20-15(17-6-7-19-8-10-22-11-9-19)12-23-13-16(21)18-14-4-2-1-3-5-14/h1-5H,6-13H2,(H,17,20)(H,18,21). The first-order valence-electron chi connectivity index (χ1n) is 7.73. The summed E-state index contributed by atoms with van der Waals surface area (Å²) < 4.78 is 5.28. The van der Waals surface area contributed by atoms with Crippen molar-refractivity contribution in [2.24, 2.45) is 0 Å². The number of morpholine rings is 1. The van der Waals surface area contributed by atoms with Gasteiger partial charge < -0.3 is 15.4 Å². The van der Waals surface area contributed by atoms with Crippen LogP contribution in [0, 0.1) is 0 Å². The van der Waals surface area contributed by atoms with Crippen LogP contribution in [0.1, 0.15) is 0 Å². The maximum Gasteiger partial charge on any atom is 0.234 e. The summed E-state index contributed by atoms with van der Waals surface area (Å²) in [5, 5.41) is 5.67. The SMILES string of the molecule is O=C(CSCC(=O)Nc1ccccc1)NCCN1CCOCC1. The molecule has 1 aromatic carbocycles. The highest BCUT2D eigenvalue weighted by atomic mass is 32.2. The molecule has 0 aliphatic carbocycles. The molecule has 0 radical (unpaired) electrons. The minimum Gasteiger partial charge on any atom is -0.379 e. The maximum atomic E-state index is 11.7. The number of carbonyl (C=O) groups is 2. The van der Waals surface area contributed by atoms with Crippen molar-refractivity contribution in [1.82, 2.24) is 10.2 Å². The first-order valence-corrected chi connectivity index (χ1v) is 8.89. The van der Waals surface area contributed by atoms with Gasteiger partial charge in [-0.15, -0.1) is 11.8 Å². The van der Waals surface area contributed by atoms with Crippen molar-refractivity contribution >= 4 is 29.3 Å². The molecular weight excluding hydrogens is 314 g/mol. The van der Waals surface area contributed by atoms with Crippen LogP contribution in [0.15, 0.2) is 30.3 Å². The van der Waals surface area contributed by atoms with Crippen LogP contribution in [0.2, 0.25) is 0 Å². The van der Waals surface area contributed by atoms with Crippen LogP contribution in [0.4, 0.5) is 5.69 Å². The number of ether oxygens (including phenoxy) is 1. The second-order valence-corrected chi connectivity index (χ2v) is 6.20. The van der Waals surface area contributed by atoms with Crippen molar-refractivity contribution in [1.29, 1.82) is 0 Å². The molecule has 126 valence electrons.